The lowest BCUT2D eigenvalue weighted by Crippen LogP contribution is -2.47. The molecule has 0 saturated heterocycles. The number of methoxy groups -OCH3 is 1. The molecule has 0 bridgehead atoms. The van der Waals surface area contributed by atoms with E-state index in [1.807, 2.05) is 41.8 Å². The summed E-state index contributed by atoms with van der Waals surface area (Å²) in [4.78, 5) is 27.0. The largest absolute Gasteiger partial charge is 0.385 e. The summed E-state index contributed by atoms with van der Waals surface area (Å²) in [5.74, 6) is -0.302. The molecule has 0 radical (unpaired) electrons. The summed E-state index contributed by atoms with van der Waals surface area (Å²) in [7, 11) is -2.56. The molecule has 0 saturated carbocycles. The van der Waals surface area contributed by atoms with Gasteiger partial charge < -0.3 is 9.64 Å². The average molecular weight is 530 g/mol. The quantitative estimate of drug-likeness (QED) is 0.224. The molecule has 2 aromatic carbocycles. The van der Waals surface area contributed by atoms with Crippen molar-refractivity contribution in [1.82, 2.24) is 9.21 Å². The van der Waals surface area contributed by atoms with Crippen LogP contribution in [0.25, 0.3) is 0 Å². The van der Waals surface area contributed by atoms with Crippen molar-refractivity contribution in [3.05, 3.63) is 92.2 Å². The Balaban J connectivity index is 1.63. The SMILES string of the molecule is COCCCN(CC(=O)N1CCc2sccc2C1c1ccccc1)S(=O)(=O)c1ccc([N+](=O)[O-])cc1. The number of rotatable bonds is 10. The van der Waals surface area contributed by atoms with Crippen LogP contribution in [0.15, 0.2) is 70.9 Å². The molecule has 1 atom stereocenters. The lowest BCUT2D eigenvalue weighted by Gasteiger charge is -2.37. The van der Waals surface area contributed by atoms with Crippen LogP contribution in [0.1, 0.15) is 28.5 Å². The Kier molecular flexibility index (Phi) is 8.14. The molecule has 3 aromatic rings. The minimum Gasteiger partial charge on any atom is -0.385 e. The summed E-state index contributed by atoms with van der Waals surface area (Å²) in [5, 5.41) is 13.0. The fourth-order valence-corrected chi connectivity index (χ4v) is 6.71. The van der Waals surface area contributed by atoms with Crippen molar-refractivity contribution in [3.8, 4) is 0 Å². The van der Waals surface area contributed by atoms with Crippen LogP contribution < -0.4 is 0 Å². The van der Waals surface area contributed by atoms with Gasteiger partial charge in [0.2, 0.25) is 15.9 Å². The minimum atomic E-state index is -4.08. The van der Waals surface area contributed by atoms with Crippen LogP contribution in [0.2, 0.25) is 0 Å². The van der Waals surface area contributed by atoms with Crippen molar-refractivity contribution in [2.45, 2.75) is 23.8 Å². The Hall–Kier alpha value is -3.12. The molecule has 0 fully saturated rings. The summed E-state index contributed by atoms with van der Waals surface area (Å²) in [5.41, 5.74) is 1.82. The molecule has 11 heteroatoms. The number of non-ortho nitro benzene ring substituents is 1. The Morgan fingerprint density at radius 2 is 1.89 bits per heavy atom. The van der Waals surface area contributed by atoms with Gasteiger partial charge in [-0.2, -0.15) is 4.31 Å². The Bertz CT molecular complexity index is 1310. The molecule has 1 unspecified atom stereocenters. The maximum Gasteiger partial charge on any atom is 0.269 e. The van der Waals surface area contributed by atoms with Crippen LogP contribution in [0, 0.1) is 10.1 Å². The van der Waals surface area contributed by atoms with Crippen LogP contribution in [0.5, 0.6) is 0 Å². The second kappa shape index (κ2) is 11.3. The number of amides is 1. The van der Waals surface area contributed by atoms with Crippen molar-refractivity contribution >= 4 is 33.0 Å². The predicted molar refractivity (Wildman–Crippen MR) is 136 cm³/mol. The van der Waals surface area contributed by atoms with E-state index in [0.29, 0.717) is 26.0 Å². The highest BCUT2D eigenvalue weighted by Gasteiger charge is 2.35. The molecule has 1 aromatic heterocycles. The molecule has 1 aliphatic rings. The lowest BCUT2D eigenvalue weighted by molar-refractivity contribution is -0.384. The maximum absolute atomic E-state index is 13.7. The monoisotopic (exact) mass is 529 g/mol. The van der Waals surface area contributed by atoms with Crippen LogP contribution in [0.4, 0.5) is 5.69 Å². The predicted octanol–water partition coefficient (Wildman–Crippen LogP) is 3.86. The first-order valence-electron chi connectivity index (χ1n) is 11.5. The topological polar surface area (TPSA) is 110 Å². The first-order valence-corrected chi connectivity index (χ1v) is 13.8. The molecule has 1 amide bonds. The Morgan fingerprint density at radius 3 is 2.56 bits per heavy atom. The van der Waals surface area contributed by atoms with Crippen molar-refractivity contribution in [2.24, 2.45) is 0 Å². The van der Waals surface area contributed by atoms with Gasteiger partial charge in [0.05, 0.1) is 22.4 Å². The first-order chi connectivity index (χ1) is 17.3. The highest BCUT2D eigenvalue weighted by atomic mass is 32.2. The van der Waals surface area contributed by atoms with E-state index in [1.165, 1.54) is 24.1 Å². The summed E-state index contributed by atoms with van der Waals surface area (Å²) < 4.78 is 33.2. The van der Waals surface area contributed by atoms with E-state index in [1.54, 1.807) is 16.2 Å². The average Bonchev–Trinajstić information content (AvgIpc) is 3.37. The molecule has 0 aliphatic carbocycles. The molecule has 0 N–H and O–H groups in total. The molecular formula is C25H27N3O6S2. The van der Waals surface area contributed by atoms with Gasteiger partial charge in [-0.15, -0.1) is 11.3 Å². The number of nitro benzene ring substituents is 1. The van der Waals surface area contributed by atoms with Crippen molar-refractivity contribution < 1.29 is 22.9 Å². The number of hydrogen-bond donors (Lipinski definition) is 0. The van der Waals surface area contributed by atoms with Gasteiger partial charge in [-0.1, -0.05) is 30.3 Å². The van der Waals surface area contributed by atoms with Gasteiger partial charge in [-0.25, -0.2) is 8.42 Å². The lowest BCUT2D eigenvalue weighted by atomic mass is 9.93. The summed E-state index contributed by atoms with van der Waals surface area (Å²) in [6.07, 6.45) is 1.10. The summed E-state index contributed by atoms with van der Waals surface area (Å²) in [6, 6.07) is 16.2. The number of nitrogens with zero attached hydrogens (tertiary/aromatic N) is 3. The van der Waals surface area contributed by atoms with Gasteiger partial charge in [0.15, 0.2) is 0 Å². The molecule has 4 rings (SSSR count). The fourth-order valence-electron chi connectivity index (χ4n) is 4.38. The van der Waals surface area contributed by atoms with E-state index in [4.69, 9.17) is 4.74 Å². The van der Waals surface area contributed by atoms with Gasteiger partial charge in [0.1, 0.15) is 0 Å². The molecule has 0 spiro atoms. The van der Waals surface area contributed by atoms with Crippen LogP contribution in [0.3, 0.4) is 0 Å². The van der Waals surface area contributed by atoms with E-state index in [2.05, 4.69) is 0 Å². The number of ether oxygens (including phenoxy) is 1. The number of carbonyl (C=O) groups excluding carboxylic acids is 1. The molecule has 2 heterocycles. The zero-order chi connectivity index (χ0) is 25.7. The van der Waals surface area contributed by atoms with Gasteiger partial charge >= 0.3 is 0 Å². The molecule has 9 nitrogen and oxygen atoms in total. The third kappa shape index (κ3) is 5.49. The highest BCUT2D eigenvalue weighted by molar-refractivity contribution is 7.89. The number of nitro groups is 1. The number of fused-ring (bicyclic) bond motifs is 1. The Morgan fingerprint density at radius 1 is 1.17 bits per heavy atom. The van der Waals surface area contributed by atoms with Crippen LogP contribution >= 0.6 is 11.3 Å². The van der Waals surface area contributed by atoms with Crippen molar-refractivity contribution in [3.63, 3.8) is 0 Å². The minimum absolute atomic E-state index is 0.0758. The second-order valence-corrected chi connectivity index (χ2v) is 11.3. The highest BCUT2D eigenvalue weighted by Crippen LogP contribution is 2.38. The third-order valence-corrected chi connectivity index (χ3v) is 9.01. The molecule has 190 valence electrons. The van der Waals surface area contributed by atoms with Crippen LogP contribution in [-0.4, -0.2) is 61.8 Å². The third-order valence-electron chi connectivity index (χ3n) is 6.15. The van der Waals surface area contributed by atoms with E-state index in [-0.39, 0.29) is 35.6 Å². The van der Waals surface area contributed by atoms with E-state index >= 15 is 0 Å². The first kappa shape index (κ1) is 26.0. The standard InChI is InChI=1S/C25H27N3O6S2/c1-34-16-5-14-26(36(32,33)21-10-8-20(9-11-21)28(30)31)18-24(29)27-15-12-23-22(13-17-35-23)25(27)19-6-3-2-4-7-19/h2-4,6-11,13,17,25H,5,12,14-16,18H2,1H3. The summed E-state index contributed by atoms with van der Waals surface area (Å²) >= 11 is 1.66. The summed E-state index contributed by atoms with van der Waals surface area (Å²) in [6.45, 7) is 0.544. The van der Waals surface area contributed by atoms with Gasteiger partial charge in [-0.3, -0.25) is 14.9 Å². The smallest absolute Gasteiger partial charge is 0.269 e. The number of thiophene rings is 1. The van der Waals surface area contributed by atoms with Gasteiger partial charge in [0.25, 0.3) is 5.69 Å². The number of benzene rings is 2. The molecule has 36 heavy (non-hydrogen) atoms. The van der Waals surface area contributed by atoms with Gasteiger partial charge in [-0.05, 0) is 47.5 Å². The zero-order valence-electron chi connectivity index (χ0n) is 19.8. The van der Waals surface area contributed by atoms with Crippen molar-refractivity contribution in [2.75, 3.05) is 33.4 Å². The maximum atomic E-state index is 13.7. The van der Waals surface area contributed by atoms with E-state index < -0.39 is 14.9 Å². The zero-order valence-corrected chi connectivity index (χ0v) is 21.4. The molecular weight excluding hydrogens is 502 g/mol. The van der Waals surface area contributed by atoms with E-state index in [0.717, 1.165) is 27.6 Å². The number of hydrogen-bond acceptors (Lipinski definition) is 7. The van der Waals surface area contributed by atoms with Crippen molar-refractivity contribution in [1.29, 1.82) is 0 Å². The second-order valence-electron chi connectivity index (χ2n) is 8.39. The normalized spacial score (nSPS) is 15.6. The van der Waals surface area contributed by atoms with Crippen LogP contribution in [-0.2, 0) is 26.0 Å². The number of carbonyl (C=O) groups is 1. The Labute approximate surface area is 214 Å². The fraction of sp³-hybridized carbons (Fsp3) is 0.320. The van der Waals surface area contributed by atoms with E-state index in [9.17, 15) is 23.3 Å². The van der Waals surface area contributed by atoms with Gasteiger partial charge in [0, 0.05) is 43.8 Å². The number of sulfonamides is 1. The molecule has 1 aliphatic heterocycles.